The van der Waals surface area contributed by atoms with E-state index in [0.29, 0.717) is 0 Å². The molecule has 1 rings (SSSR count). The molecule has 0 spiro atoms. The Bertz CT molecular complexity index is 407. The van der Waals surface area contributed by atoms with Gasteiger partial charge in [0, 0.05) is 5.54 Å². The van der Waals surface area contributed by atoms with Crippen molar-refractivity contribution >= 4 is 0 Å². The number of aliphatic hydroxyl groups is 1. The summed E-state index contributed by atoms with van der Waals surface area (Å²) in [5, 5.41) is 12.5. The van der Waals surface area contributed by atoms with E-state index < -0.39 is 23.4 Å². The molecule has 0 saturated carbocycles. The highest BCUT2D eigenvalue weighted by Crippen LogP contribution is 2.36. The number of rotatable bonds is 4. The lowest BCUT2D eigenvalue weighted by molar-refractivity contribution is -0.168. The van der Waals surface area contributed by atoms with Gasteiger partial charge in [-0.25, -0.2) is 0 Å². The molecule has 0 aliphatic carbocycles. The highest BCUT2D eigenvalue weighted by atomic mass is 19.4. The molecule has 19 heavy (non-hydrogen) atoms. The predicted molar refractivity (Wildman–Crippen MR) is 68.8 cm³/mol. The second-order valence-corrected chi connectivity index (χ2v) is 5.71. The van der Waals surface area contributed by atoms with E-state index in [9.17, 15) is 18.3 Å². The first-order chi connectivity index (χ1) is 8.45. The van der Waals surface area contributed by atoms with Crippen LogP contribution in [0.15, 0.2) is 30.3 Å². The number of nitrogens with one attached hydrogen (secondary N) is 1. The molecule has 108 valence electrons. The van der Waals surface area contributed by atoms with Gasteiger partial charge in [0.2, 0.25) is 0 Å². The first-order valence-electron chi connectivity index (χ1n) is 6.07. The van der Waals surface area contributed by atoms with Crippen LogP contribution in [0.2, 0.25) is 0 Å². The molecule has 0 aromatic heterocycles. The lowest BCUT2D eigenvalue weighted by Crippen LogP contribution is -2.58. The zero-order chi connectivity index (χ0) is 14.9. The van der Waals surface area contributed by atoms with Crippen LogP contribution in [0.3, 0.4) is 0 Å². The Balaban J connectivity index is 3.09. The van der Waals surface area contributed by atoms with Crippen molar-refractivity contribution in [2.45, 2.75) is 51.1 Å². The smallest absolute Gasteiger partial charge is 0.389 e. The van der Waals surface area contributed by atoms with Crippen molar-refractivity contribution in [1.82, 2.24) is 5.32 Å². The summed E-state index contributed by atoms with van der Waals surface area (Å²) < 4.78 is 39.5. The fourth-order valence-corrected chi connectivity index (χ4v) is 1.54. The van der Waals surface area contributed by atoms with E-state index in [1.807, 2.05) is 0 Å². The van der Waals surface area contributed by atoms with Crippen LogP contribution in [-0.2, 0) is 0 Å². The van der Waals surface area contributed by atoms with Gasteiger partial charge in [0.15, 0.2) is 0 Å². The average molecular weight is 275 g/mol. The van der Waals surface area contributed by atoms with E-state index in [0.717, 1.165) is 0 Å². The van der Waals surface area contributed by atoms with E-state index in [1.165, 1.54) is 26.0 Å². The van der Waals surface area contributed by atoms with Gasteiger partial charge >= 0.3 is 6.18 Å². The molecule has 0 bridgehead atoms. The Morgan fingerprint density at radius 3 is 1.84 bits per heavy atom. The van der Waals surface area contributed by atoms with Crippen molar-refractivity contribution in [2.24, 2.45) is 0 Å². The number of alkyl halides is 3. The van der Waals surface area contributed by atoms with Crippen molar-refractivity contribution in [3.8, 4) is 0 Å². The first-order valence-corrected chi connectivity index (χ1v) is 6.07. The largest absolute Gasteiger partial charge is 0.407 e. The number of hydrogen-bond donors (Lipinski definition) is 2. The van der Waals surface area contributed by atoms with Gasteiger partial charge in [-0.1, -0.05) is 30.3 Å². The van der Waals surface area contributed by atoms with E-state index >= 15 is 0 Å². The van der Waals surface area contributed by atoms with Crippen molar-refractivity contribution in [1.29, 1.82) is 0 Å². The van der Waals surface area contributed by atoms with Gasteiger partial charge in [-0.15, -0.1) is 0 Å². The third-order valence-corrected chi connectivity index (χ3v) is 3.49. The number of halogens is 3. The Morgan fingerprint density at radius 1 is 1.00 bits per heavy atom. The predicted octanol–water partition coefficient (Wildman–Crippen LogP) is 3.43. The maximum atomic E-state index is 13.2. The fourth-order valence-electron chi connectivity index (χ4n) is 1.54. The summed E-state index contributed by atoms with van der Waals surface area (Å²) in [5.74, 6) is 0. The van der Waals surface area contributed by atoms with Crippen molar-refractivity contribution in [3.63, 3.8) is 0 Å². The van der Waals surface area contributed by atoms with E-state index in [-0.39, 0.29) is 5.56 Å². The van der Waals surface area contributed by atoms with Crippen LogP contribution in [0.5, 0.6) is 0 Å². The van der Waals surface area contributed by atoms with Crippen LogP contribution < -0.4 is 5.32 Å². The quantitative estimate of drug-likeness (QED) is 0.882. The van der Waals surface area contributed by atoms with E-state index in [4.69, 9.17) is 0 Å². The molecular formula is C14H20F3NO. The molecule has 1 aromatic rings. The van der Waals surface area contributed by atoms with Crippen LogP contribution in [0.4, 0.5) is 13.2 Å². The fraction of sp³-hybridized carbons (Fsp3) is 0.571. The Kier molecular flexibility index (Phi) is 4.32. The zero-order valence-corrected chi connectivity index (χ0v) is 11.5. The minimum atomic E-state index is -4.43. The number of benzene rings is 1. The van der Waals surface area contributed by atoms with Gasteiger partial charge in [0.25, 0.3) is 0 Å². The summed E-state index contributed by atoms with van der Waals surface area (Å²) in [5.41, 5.74) is -2.25. The average Bonchev–Trinajstić information content (AvgIpc) is 2.24. The van der Waals surface area contributed by atoms with Gasteiger partial charge in [0.1, 0.15) is 6.04 Å². The third-order valence-electron chi connectivity index (χ3n) is 3.49. The zero-order valence-electron chi connectivity index (χ0n) is 11.5. The van der Waals surface area contributed by atoms with Gasteiger partial charge in [-0.3, -0.25) is 5.32 Å². The molecule has 1 unspecified atom stereocenters. The highest BCUT2D eigenvalue weighted by molar-refractivity contribution is 5.21. The molecule has 0 heterocycles. The Morgan fingerprint density at radius 2 is 1.47 bits per heavy atom. The maximum Gasteiger partial charge on any atom is 0.407 e. The van der Waals surface area contributed by atoms with Gasteiger partial charge < -0.3 is 5.11 Å². The molecule has 2 N–H and O–H groups in total. The molecule has 1 atom stereocenters. The van der Waals surface area contributed by atoms with Crippen LogP contribution in [-0.4, -0.2) is 22.4 Å². The first kappa shape index (κ1) is 16.0. The van der Waals surface area contributed by atoms with Crippen molar-refractivity contribution < 1.29 is 18.3 Å². The lowest BCUT2D eigenvalue weighted by atomic mass is 9.84. The molecule has 0 radical (unpaired) electrons. The topological polar surface area (TPSA) is 32.3 Å². The monoisotopic (exact) mass is 275 g/mol. The minimum absolute atomic E-state index is 0.132. The Hall–Kier alpha value is -1.07. The molecule has 0 aliphatic heterocycles. The van der Waals surface area contributed by atoms with Crippen molar-refractivity contribution in [2.75, 3.05) is 0 Å². The normalized spacial score (nSPS) is 15.4. The summed E-state index contributed by atoms with van der Waals surface area (Å²) >= 11 is 0. The van der Waals surface area contributed by atoms with E-state index in [2.05, 4.69) is 5.32 Å². The van der Waals surface area contributed by atoms with Crippen LogP contribution >= 0.6 is 0 Å². The highest BCUT2D eigenvalue weighted by Gasteiger charge is 2.46. The van der Waals surface area contributed by atoms with Crippen LogP contribution in [0.25, 0.3) is 0 Å². The summed E-state index contributed by atoms with van der Waals surface area (Å²) in [6, 6.07) is 5.82. The molecule has 2 nitrogen and oxygen atoms in total. The minimum Gasteiger partial charge on any atom is -0.389 e. The number of hydrogen-bond acceptors (Lipinski definition) is 2. The molecule has 0 fully saturated rings. The Labute approximate surface area is 111 Å². The summed E-state index contributed by atoms with van der Waals surface area (Å²) in [7, 11) is 0. The van der Waals surface area contributed by atoms with Crippen LogP contribution in [0.1, 0.15) is 39.3 Å². The van der Waals surface area contributed by atoms with Crippen LogP contribution in [0, 0.1) is 0 Å². The van der Waals surface area contributed by atoms with Gasteiger partial charge in [0.05, 0.1) is 5.60 Å². The second-order valence-electron chi connectivity index (χ2n) is 5.71. The van der Waals surface area contributed by atoms with Gasteiger partial charge in [-0.05, 0) is 33.3 Å². The maximum absolute atomic E-state index is 13.2. The summed E-state index contributed by atoms with van der Waals surface area (Å²) in [6.07, 6.45) is -4.43. The standard InChI is InChI=1S/C14H20F3NO/c1-12(2,13(3,4)19)18-11(14(15,16)17)10-8-6-5-7-9-10/h5-9,11,18-19H,1-4H3. The molecular weight excluding hydrogens is 255 g/mol. The molecule has 5 heteroatoms. The molecule has 0 saturated heterocycles. The summed E-state index contributed by atoms with van der Waals surface area (Å²) in [4.78, 5) is 0. The lowest BCUT2D eigenvalue weighted by Gasteiger charge is -2.41. The third kappa shape index (κ3) is 3.94. The van der Waals surface area contributed by atoms with Crippen molar-refractivity contribution in [3.05, 3.63) is 35.9 Å². The molecule has 1 aromatic carbocycles. The summed E-state index contributed by atoms with van der Waals surface area (Å²) in [6.45, 7) is 6.07. The molecule has 0 amide bonds. The SMILES string of the molecule is CC(C)(O)C(C)(C)NC(c1ccccc1)C(F)(F)F. The van der Waals surface area contributed by atoms with Gasteiger partial charge in [-0.2, -0.15) is 13.2 Å². The van der Waals surface area contributed by atoms with E-state index in [1.54, 1.807) is 32.0 Å². The second kappa shape index (κ2) is 5.13. The molecule has 0 aliphatic rings.